The molecule has 1 N–H and O–H groups in total. The molecule has 0 spiro atoms. The van der Waals surface area contributed by atoms with Crippen LogP contribution in [0.5, 0.6) is 0 Å². The van der Waals surface area contributed by atoms with Gasteiger partial charge in [-0.05, 0) is 31.2 Å². The summed E-state index contributed by atoms with van der Waals surface area (Å²) in [5.74, 6) is -0.346. The van der Waals surface area contributed by atoms with E-state index in [1.807, 2.05) is 6.92 Å². The van der Waals surface area contributed by atoms with Gasteiger partial charge in [-0.2, -0.15) is 5.10 Å². The second kappa shape index (κ2) is 5.14. The number of hydrogen-bond donors (Lipinski definition) is 1. The Morgan fingerprint density at radius 1 is 1.24 bits per heavy atom. The van der Waals surface area contributed by atoms with Gasteiger partial charge in [-0.3, -0.25) is 4.79 Å². The Labute approximate surface area is 119 Å². The SMILES string of the molecule is CCn1ccn2nc(-c3ccc(F)cc3)c(CO)c2c1=O. The first kappa shape index (κ1) is 13.5. The van der Waals surface area contributed by atoms with Crippen LogP contribution in [0.1, 0.15) is 12.5 Å². The van der Waals surface area contributed by atoms with Crippen LogP contribution < -0.4 is 5.56 Å². The predicted octanol–water partition coefficient (Wildman–Crippen LogP) is 1.81. The molecule has 21 heavy (non-hydrogen) atoms. The first-order valence-electron chi connectivity index (χ1n) is 6.63. The normalized spacial score (nSPS) is 11.2. The third-order valence-electron chi connectivity index (χ3n) is 3.48. The van der Waals surface area contributed by atoms with Crippen LogP contribution in [0.15, 0.2) is 41.5 Å². The van der Waals surface area contributed by atoms with Crippen molar-refractivity contribution < 1.29 is 9.50 Å². The molecule has 0 aliphatic heterocycles. The summed E-state index contributed by atoms with van der Waals surface area (Å²) in [7, 11) is 0. The summed E-state index contributed by atoms with van der Waals surface area (Å²) < 4.78 is 16.0. The van der Waals surface area contributed by atoms with E-state index in [0.717, 1.165) is 0 Å². The molecule has 2 aromatic heterocycles. The highest BCUT2D eigenvalue weighted by atomic mass is 19.1. The summed E-state index contributed by atoms with van der Waals surface area (Å²) >= 11 is 0. The van der Waals surface area contributed by atoms with E-state index in [1.54, 1.807) is 29.1 Å². The smallest absolute Gasteiger partial charge is 0.276 e. The Bertz CT molecular complexity index is 850. The third kappa shape index (κ3) is 2.13. The van der Waals surface area contributed by atoms with Crippen LogP contribution in [0, 0.1) is 5.82 Å². The van der Waals surface area contributed by atoms with Crippen molar-refractivity contribution in [1.82, 2.24) is 14.2 Å². The molecule has 0 unspecified atom stereocenters. The molecule has 3 rings (SSSR count). The van der Waals surface area contributed by atoms with Crippen LogP contribution in [0.4, 0.5) is 4.39 Å². The zero-order valence-electron chi connectivity index (χ0n) is 11.5. The lowest BCUT2D eigenvalue weighted by Crippen LogP contribution is -2.21. The van der Waals surface area contributed by atoms with Crippen molar-refractivity contribution in [3.63, 3.8) is 0 Å². The number of nitrogens with zero attached hydrogens (tertiary/aromatic N) is 3. The van der Waals surface area contributed by atoms with Gasteiger partial charge in [-0.25, -0.2) is 8.91 Å². The zero-order chi connectivity index (χ0) is 15.0. The van der Waals surface area contributed by atoms with E-state index in [9.17, 15) is 14.3 Å². The fourth-order valence-corrected chi connectivity index (χ4v) is 2.39. The molecule has 0 atom stereocenters. The van der Waals surface area contributed by atoms with E-state index in [-0.39, 0.29) is 18.0 Å². The Morgan fingerprint density at radius 2 is 1.95 bits per heavy atom. The fraction of sp³-hybridized carbons (Fsp3) is 0.200. The molecule has 0 saturated carbocycles. The molecular formula is C15H14FN3O2. The number of fused-ring (bicyclic) bond motifs is 1. The van der Waals surface area contributed by atoms with E-state index in [0.29, 0.717) is 28.9 Å². The maximum Gasteiger partial charge on any atom is 0.276 e. The van der Waals surface area contributed by atoms with E-state index in [2.05, 4.69) is 5.10 Å². The monoisotopic (exact) mass is 287 g/mol. The highest BCUT2D eigenvalue weighted by Gasteiger charge is 2.17. The minimum atomic E-state index is -0.346. The molecule has 6 heteroatoms. The molecule has 0 bridgehead atoms. The topological polar surface area (TPSA) is 59.5 Å². The van der Waals surface area contributed by atoms with Gasteiger partial charge in [-0.15, -0.1) is 0 Å². The average molecular weight is 287 g/mol. The van der Waals surface area contributed by atoms with Crippen LogP contribution in [-0.2, 0) is 13.2 Å². The van der Waals surface area contributed by atoms with E-state index < -0.39 is 0 Å². The van der Waals surface area contributed by atoms with Crippen molar-refractivity contribution in [2.24, 2.45) is 0 Å². The number of aryl methyl sites for hydroxylation is 1. The number of rotatable bonds is 3. The van der Waals surface area contributed by atoms with Crippen LogP contribution in [0.2, 0.25) is 0 Å². The first-order valence-corrected chi connectivity index (χ1v) is 6.63. The van der Waals surface area contributed by atoms with Crippen molar-refractivity contribution in [2.75, 3.05) is 0 Å². The number of aromatic nitrogens is 3. The maximum absolute atomic E-state index is 13.0. The molecule has 0 aliphatic carbocycles. The van der Waals surface area contributed by atoms with Crippen LogP contribution in [-0.4, -0.2) is 19.3 Å². The first-order chi connectivity index (χ1) is 10.2. The molecule has 0 amide bonds. The number of hydrogen-bond acceptors (Lipinski definition) is 3. The second-order valence-electron chi connectivity index (χ2n) is 4.67. The predicted molar refractivity (Wildman–Crippen MR) is 76.4 cm³/mol. The summed E-state index contributed by atoms with van der Waals surface area (Å²) in [5.41, 5.74) is 1.75. The highest BCUT2D eigenvalue weighted by molar-refractivity contribution is 5.72. The largest absolute Gasteiger partial charge is 0.392 e. The molecule has 0 fully saturated rings. The van der Waals surface area contributed by atoms with Gasteiger partial charge in [-0.1, -0.05) is 0 Å². The van der Waals surface area contributed by atoms with Crippen molar-refractivity contribution >= 4 is 5.52 Å². The molecule has 0 aliphatic rings. The van der Waals surface area contributed by atoms with E-state index >= 15 is 0 Å². The Balaban J connectivity index is 2.32. The van der Waals surface area contributed by atoms with Crippen LogP contribution in [0.3, 0.4) is 0 Å². The lowest BCUT2D eigenvalue weighted by molar-refractivity contribution is 0.283. The zero-order valence-corrected chi connectivity index (χ0v) is 11.5. The minimum absolute atomic E-state index is 0.204. The highest BCUT2D eigenvalue weighted by Crippen LogP contribution is 2.24. The third-order valence-corrected chi connectivity index (χ3v) is 3.48. The molecule has 5 nitrogen and oxygen atoms in total. The quantitative estimate of drug-likeness (QED) is 0.799. The summed E-state index contributed by atoms with van der Waals surface area (Å²) in [5, 5.41) is 14.0. The summed E-state index contributed by atoms with van der Waals surface area (Å²) in [6.45, 7) is 2.10. The molecular weight excluding hydrogens is 273 g/mol. The van der Waals surface area contributed by atoms with Gasteiger partial charge in [0.2, 0.25) is 0 Å². The summed E-state index contributed by atoms with van der Waals surface area (Å²) in [6, 6.07) is 5.80. The lowest BCUT2D eigenvalue weighted by atomic mass is 10.1. The molecule has 2 heterocycles. The molecule has 108 valence electrons. The lowest BCUT2D eigenvalue weighted by Gasteiger charge is -2.02. The van der Waals surface area contributed by atoms with Gasteiger partial charge < -0.3 is 9.67 Å². The van der Waals surface area contributed by atoms with Gasteiger partial charge in [0.1, 0.15) is 11.3 Å². The van der Waals surface area contributed by atoms with Crippen LogP contribution >= 0.6 is 0 Å². The second-order valence-corrected chi connectivity index (χ2v) is 4.67. The Hall–Kier alpha value is -2.47. The Kier molecular flexibility index (Phi) is 3.31. The standard InChI is InChI=1S/C15H14FN3O2/c1-2-18-7-8-19-14(15(18)21)12(9-20)13(17-19)10-3-5-11(16)6-4-10/h3-8,20H,2,9H2,1H3. The number of aliphatic hydroxyl groups is 1. The van der Waals surface area contributed by atoms with Gasteiger partial charge in [0.05, 0.1) is 12.3 Å². The Morgan fingerprint density at radius 3 is 2.57 bits per heavy atom. The number of aliphatic hydroxyl groups excluding tert-OH is 1. The van der Waals surface area contributed by atoms with Crippen LogP contribution in [0.25, 0.3) is 16.8 Å². The van der Waals surface area contributed by atoms with Crippen molar-refractivity contribution in [1.29, 1.82) is 0 Å². The summed E-state index contributed by atoms with van der Waals surface area (Å²) in [6.07, 6.45) is 3.32. The van der Waals surface area contributed by atoms with Crippen molar-refractivity contribution in [2.45, 2.75) is 20.1 Å². The van der Waals surface area contributed by atoms with E-state index in [4.69, 9.17) is 0 Å². The van der Waals surface area contributed by atoms with Gasteiger partial charge in [0.15, 0.2) is 0 Å². The molecule has 1 aromatic carbocycles. The van der Waals surface area contributed by atoms with Crippen molar-refractivity contribution in [3.8, 4) is 11.3 Å². The van der Waals surface area contributed by atoms with Gasteiger partial charge in [0, 0.05) is 30.1 Å². The molecule has 3 aromatic rings. The fourth-order valence-electron chi connectivity index (χ4n) is 2.39. The molecule has 0 saturated heterocycles. The summed E-state index contributed by atoms with van der Waals surface area (Å²) in [4.78, 5) is 12.4. The number of halogens is 1. The van der Waals surface area contributed by atoms with Gasteiger partial charge in [0.25, 0.3) is 5.56 Å². The number of benzene rings is 1. The average Bonchev–Trinajstić information content (AvgIpc) is 2.88. The van der Waals surface area contributed by atoms with Gasteiger partial charge >= 0.3 is 0 Å². The minimum Gasteiger partial charge on any atom is -0.392 e. The van der Waals surface area contributed by atoms with E-state index in [1.165, 1.54) is 16.6 Å². The molecule has 0 radical (unpaired) electrons. The van der Waals surface area contributed by atoms with Crippen molar-refractivity contribution in [3.05, 3.63) is 58.4 Å². The maximum atomic E-state index is 13.0.